The van der Waals surface area contributed by atoms with E-state index in [0.717, 1.165) is 0 Å². The summed E-state index contributed by atoms with van der Waals surface area (Å²) in [6.45, 7) is 7.28. The largest absolute Gasteiger partial charge is 0.199 e. The van der Waals surface area contributed by atoms with Crippen molar-refractivity contribution in [3.63, 3.8) is 0 Å². The monoisotopic (exact) mass is 154 g/mol. The maximum absolute atomic E-state index is 7.32. The van der Waals surface area contributed by atoms with Crippen molar-refractivity contribution >= 4 is 0 Å². The Balaban J connectivity index is -0.0000000933. The van der Waals surface area contributed by atoms with E-state index in [4.69, 9.17) is 10.5 Å². The Morgan fingerprint density at radius 3 is 1.09 bits per heavy atom. The Morgan fingerprint density at radius 1 is 0.909 bits per heavy atom. The molecule has 2 nitrogen and oxygen atoms in total. The van der Waals surface area contributed by atoms with Gasteiger partial charge in [-0.1, -0.05) is 33.1 Å². The van der Waals surface area contributed by atoms with E-state index in [0.29, 0.717) is 0 Å². The van der Waals surface area contributed by atoms with E-state index < -0.39 is 0 Å². The Kier molecular flexibility index (Phi) is 54.2. The molecule has 0 spiro atoms. The zero-order valence-electron chi connectivity index (χ0n) is 8.02. The summed E-state index contributed by atoms with van der Waals surface area (Å²) in [4.78, 5) is 0. The number of nitriles is 2. The van der Waals surface area contributed by atoms with Crippen LogP contribution in [0.5, 0.6) is 0 Å². The third-order valence-corrected chi connectivity index (χ3v) is 0.707. The number of nitrogens with zero attached hydrogens (tertiary/aromatic N) is 2. The van der Waals surface area contributed by atoms with Gasteiger partial charge in [-0.2, -0.15) is 10.5 Å². The van der Waals surface area contributed by atoms with Crippen LogP contribution in [0.1, 0.15) is 47.0 Å². The molecule has 0 unspecified atom stereocenters. The Labute approximate surface area is 70.5 Å². The molecule has 0 N–H and O–H groups in total. The van der Waals surface area contributed by atoms with E-state index in [2.05, 4.69) is 13.8 Å². The second-order valence-electron chi connectivity index (χ2n) is 1.80. The molecule has 0 amide bonds. The fraction of sp³-hybridized carbons (Fsp3) is 0.778. The molecule has 0 rings (SSSR count). The second-order valence-corrected chi connectivity index (χ2v) is 1.80. The van der Waals surface area contributed by atoms with Gasteiger partial charge >= 0.3 is 0 Å². The van der Waals surface area contributed by atoms with Gasteiger partial charge in [0.1, 0.15) is 0 Å². The van der Waals surface area contributed by atoms with Gasteiger partial charge in [-0.05, 0) is 0 Å². The summed E-state index contributed by atoms with van der Waals surface area (Å²) in [6, 6.07) is 3.50. The summed E-state index contributed by atoms with van der Waals surface area (Å²) in [5.41, 5.74) is 0. The minimum Gasteiger partial charge on any atom is -0.199 e. The standard InChI is InChI=1S/C5H12.2C2H3N/c1-3-5-4-2;2*1-2-3/h3-5H2,1-2H3;2*1H3. The highest BCUT2D eigenvalue weighted by Gasteiger charge is 1.68. The van der Waals surface area contributed by atoms with E-state index in [1.54, 1.807) is 12.1 Å². The van der Waals surface area contributed by atoms with Gasteiger partial charge in [0.2, 0.25) is 0 Å². The molecule has 11 heavy (non-hydrogen) atoms. The van der Waals surface area contributed by atoms with Crippen molar-refractivity contribution in [3.8, 4) is 12.1 Å². The van der Waals surface area contributed by atoms with Gasteiger partial charge in [0.05, 0.1) is 12.1 Å². The number of unbranched alkanes of at least 4 members (excludes halogenated alkanes) is 2. The number of hydrogen-bond donors (Lipinski definition) is 0. The molecule has 0 aromatic rings. The van der Waals surface area contributed by atoms with Crippen molar-refractivity contribution in [2.75, 3.05) is 0 Å². The van der Waals surface area contributed by atoms with E-state index in [-0.39, 0.29) is 0 Å². The number of hydrogen-bond acceptors (Lipinski definition) is 2. The summed E-state index contributed by atoms with van der Waals surface area (Å²) in [5.74, 6) is 0. The van der Waals surface area contributed by atoms with E-state index in [1.165, 1.54) is 33.1 Å². The predicted octanol–water partition coefficient (Wildman–Crippen LogP) is 3.26. The first-order chi connectivity index (χ1) is 5.24. The Bertz CT molecular complexity index is 91.7. The van der Waals surface area contributed by atoms with Gasteiger partial charge < -0.3 is 0 Å². The molecule has 0 saturated heterocycles. The third kappa shape index (κ3) is 456. The molecule has 0 saturated carbocycles. The molecule has 0 aliphatic carbocycles. The van der Waals surface area contributed by atoms with Crippen LogP contribution in [0.4, 0.5) is 0 Å². The molecule has 0 radical (unpaired) electrons. The maximum Gasteiger partial charge on any atom is 0.0587 e. The van der Waals surface area contributed by atoms with Crippen LogP contribution in [-0.4, -0.2) is 0 Å². The lowest BCUT2D eigenvalue weighted by Crippen LogP contribution is -1.59. The second kappa shape index (κ2) is 36.1. The summed E-state index contributed by atoms with van der Waals surface area (Å²) >= 11 is 0. The highest BCUT2D eigenvalue weighted by molar-refractivity contribution is 4.51. The average molecular weight is 154 g/mol. The molecule has 0 aliphatic heterocycles. The van der Waals surface area contributed by atoms with Gasteiger partial charge in [0.25, 0.3) is 0 Å². The van der Waals surface area contributed by atoms with Crippen LogP contribution in [0.2, 0.25) is 0 Å². The molecule has 0 aromatic heterocycles. The molecule has 0 aliphatic rings. The van der Waals surface area contributed by atoms with Gasteiger partial charge in [-0.15, -0.1) is 0 Å². The minimum atomic E-state index is 1.34. The first-order valence-electron chi connectivity index (χ1n) is 3.86. The topological polar surface area (TPSA) is 47.6 Å². The van der Waals surface area contributed by atoms with Gasteiger partial charge in [-0.3, -0.25) is 0 Å². The first kappa shape index (κ1) is 16.5. The zero-order valence-corrected chi connectivity index (χ0v) is 8.02. The molecule has 0 bridgehead atoms. The minimum absolute atomic E-state index is 1.34. The van der Waals surface area contributed by atoms with Crippen LogP contribution in [0.3, 0.4) is 0 Å². The smallest absolute Gasteiger partial charge is 0.0587 e. The predicted molar refractivity (Wildman–Crippen MR) is 47.8 cm³/mol. The molecular formula is C9H18N2. The lowest BCUT2D eigenvalue weighted by atomic mass is 10.3. The Hall–Kier alpha value is -1.02. The van der Waals surface area contributed by atoms with Crippen molar-refractivity contribution in [1.29, 1.82) is 10.5 Å². The van der Waals surface area contributed by atoms with Crippen molar-refractivity contribution in [2.24, 2.45) is 0 Å². The van der Waals surface area contributed by atoms with Crippen LogP contribution in [0.15, 0.2) is 0 Å². The quantitative estimate of drug-likeness (QED) is 0.613. The van der Waals surface area contributed by atoms with Crippen molar-refractivity contribution in [1.82, 2.24) is 0 Å². The highest BCUT2D eigenvalue weighted by Crippen LogP contribution is 1.88. The van der Waals surface area contributed by atoms with Gasteiger partial charge in [0.15, 0.2) is 0 Å². The first-order valence-corrected chi connectivity index (χ1v) is 3.86. The molecular weight excluding hydrogens is 136 g/mol. The summed E-state index contributed by atoms with van der Waals surface area (Å²) < 4.78 is 0. The van der Waals surface area contributed by atoms with Crippen LogP contribution < -0.4 is 0 Å². The van der Waals surface area contributed by atoms with Crippen molar-refractivity contribution in [2.45, 2.75) is 47.0 Å². The van der Waals surface area contributed by atoms with Gasteiger partial charge in [-0.25, -0.2) is 0 Å². The molecule has 0 atom stereocenters. The van der Waals surface area contributed by atoms with Crippen molar-refractivity contribution in [3.05, 3.63) is 0 Å². The number of rotatable bonds is 2. The summed E-state index contributed by atoms with van der Waals surface area (Å²) in [5, 5.41) is 14.6. The fourth-order valence-corrected chi connectivity index (χ4v) is 0.354. The Morgan fingerprint density at radius 2 is 1.09 bits per heavy atom. The average Bonchev–Trinajstić information content (AvgIpc) is 1.92. The lowest BCUT2D eigenvalue weighted by molar-refractivity contribution is 0.772. The van der Waals surface area contributed by atoms with Crippen molar-refractivity contribution < 1.29 is 0 Å². The maximum atomic E-state index is 7.32. The fourth-order valence-electron chi connectivity index (χ4n) is 0.354. The molecule has 0 aromatic carbocycles. The lowest BCUT2D eigenvalue weighted by Gasteiger charge is -1.79. The third-order valence-electron chi connectivity index (χ3n) is 0.707. The summed E-state index contributed by atoms with van der Waals surface area (Å²) in [7, 11) is 0. The summed E-state index contributed by atoms with van der Waals surface area (Å²) in [6.07, 6.45) is 4.08. The van der Waals surface area contributed by atoms with Crippen LogP contribution in [0, 0.1) is 22.7 Å². The van der Waals surface area contributed by atoms with E-state index in [1.807, 2.05) is 0 Å². The zero-order chi connectivity index (χ0) is 9.54. The molecule has 64 valence electrons. The normalized spacial score (nSPS) is 5.27. The van der Waals surface area contributed by atoms with Crippen LogP contribution in [0.25, 0.3) is 0 Å². The molecule has 0 fully saturated rings. The van der Waals surface area contributed by atoms with Gasteiger partial charge in [0, 0.05) is 13.8 Å². The van der Waals surface area contributed by atoms with E-state index in [9.17, 15) is 0 Å². The van der Waals surface area contributed by atoms with Crippen LogP contribution >= 0.6 is 0 Å². The highest BCUT2D eigenvalue weighted by atomic mass is 14.2. The van der Waals surface area contributed by atoms with Crippen LogP contribution in [-0.2, 0) is 0 Å². The van der Waals surface area contributed by atoms with E-state index >= 15 is 0 Å². The SMILES string of the molecule is CC#N.CC#N.CCCCC. The molecule has 0 heterocycles. The molecule has 2 heteroatoms.